The summed E-state index contributed by atoms with van der Waals surface area (Å²) >= 11 is 1.50. The zero-order valence-electron chi connectivity index (χ0n) is 16.1. The molecule has 4 rings (SSSR count). The normalized spacial score (nSPS) is 17.9. The Morgan fingerprint density at radius 1 is 1.21 bits per heavy atom. The average Bonchev–Trinajstić information content (AvgIpc) is 2.69. The number of hydrogen-bond donors (Lipinski definition) is 1. The van der Waals surface area contributed by atoms with Crippen molar-refractivity contribution >= 4 is 28.5 Å². The Hall–Kier alpha value is -2.80. The molecule has 0 saturated heterocycles. The Morgan fingerprint density at radius 2 is 2.04 bits per heavy atom. The van der Waals surface area contributed by atoms with E-state index in [2.05, 4.69) is 11.4 Å². The second-order valence-electron chi connectivity index (χ2n) is 6.46. The molecular formula is C21H22N4O2S. The third kappa shape index (κ3) is 3.26. The molecule has 2 heterocycles. The van der Waals surface area contributed by atoms with E-state index >= 15 is 0 Å². The SMILES string of the molecule is CCOc1ccc([C@H]2N=c3ccccc3=C3C(=O)NC(SCC)=NN32)cc1C. The van der Waals surface area contributed by atoms with E-state index in [1.807, 2.05) is 57.2 Å². The molecule has 2 aliphatic heterocycles. The van der Waals surface area contributed by atoms with Crippen LogP contribution in [0, 0.1) is 6.92 Å². The summed E-state index contributed by atoms with van der Waals surface area (Å²) in [6.45, 7) is 6.63. The average molecular weight is 395 g/mol. The first-order valence-electron chi connectivity index (χ1n) is 9.35. The first-order valence-corrected chi connectivity index (χ1v) is 10.3. The molecular weight excluding hydrogens is 372 g/mol. The van der Waals surface area contributed by atoms with Crippen molar-refractivity contribution in [1.29, 1.82) is 0 Å². The predicted molar refractivity (Wildman–Crippen MR) is 111 cm³/mol. The summed E-state index contributed by atoms with van der Waals surface area (Å²) in [4.78, 5) is 17.8. The van der Waals surface area contributed by atoms with Gasteiger partial charge in [-0.25, -0.2) is 5.01 Å². The van der Waals surface area contributed by atoms with Gasteiger partial charge >= 0.3 is 0 Å². The van der Waals surface area contributed by atoms with Crippen LogP contribution >= 0.6 is 11.8 Å². The number of thioether (sulfide) groups is 1. The van der Waals surface area contributed by atoms with Gasteiger partial charge in [0.15, 0.2) is 11.3 Å². The van der Waals surface area contributed by atoms with Crippen LogP contribution in [0.25, 0.3) is 5.70 Å². The van der Waals surface area contributed by atoms with Crippen molar-refractivity contribution in [1.82, 2.24) is 10.3 Å². The smallest absolute Gasteiger partial charge is 0.276 e. The fourth-order valence-electron chi connectivity index (χ4n) is 3.40. The predicted octanol–water partition coefficient (Wildman–Crippen LogP) is 2.29. The fraction of sp³-hybridized carbons (Fsp3) is 0.286. The van der Waals surface area contributed by atoms with Crippen LogP contribution in [0.2, 0.25) is 0 Å². The summed E-state index contributed by atoms with van der Waals surface area (Å²) in [6, 6.07) is 13.7. The standard InChI is InChI=1S/C21H22N4O2S/c1-4-27-17-11-10-14(12-13(17)3)19-22-16-9-7-6-8-15(16)18-20(26)23-21(28-5-2)24-25(18)19/h6-12,19H,4-5H2,1-3H3,(H,23,24,26)/t19-/m0/s1. The summed E-state index contributed by atoms with van der Waals surface area (Å²) in [5, 5.41) is 11.5. The number of aryl methyl sites for hydroxylation is 1. The molecule has 0 aliphatic carbocycles. The first kappa shape index (κ1) is 18.6. The van der Waals surface area contributed by atoms with Crippen LogP contribution in [-0.4, -0.2) is 28.4 Å². The van der Waals surface area contributed by atoms with Crippen molar-refractivity contribution in [2.75, 3.05) is 12.4 Å². The number of ether oxygens (including phenoxy) is 1. The molecule has 0 spiro atoms. The minimum atomic E-state index is -0.405. The van der Waals surface area contributed by atoms with E-state index in [1.54, 1.807) is 5.01 Å². The molecule has 0 saturated carbocycles. The minimum absolute atomic E-state index is 0.152. The molecule has 0 unspecified atom stereocenters. The van der Waals surface area contributed by atoms with Crippen LogP contribution in [0.1, 0.15) is 31.1 Å². The summed E-state index contributed by atoms with van der Waals surface area (Å²) in [5.41, 5.74) is 2.53. The fourth-order valence-corrected chi connectivity index (χ4v) is 3.98. The van der Waals surface area contributed by atoms with Crippen LogP contribution in [0.3, 0.4) is 0 Å². The highest BCUT2D eigenvalue weighted by Gasteiger charge is 2.34. The number of hydrazone groups is 1. The lowest BCUT2D eigenvalue weighted by Crippen LogP contribution is -2.50. The van der Waals surface area contributed by atoms with E-state index in [-0.39, 0.29) is 5.91 Å². The van der Waals surface area contributed by atoms with Crippen LogP contribution in [0.15, 0.2) is 52.6 Å². The van der Waals surface area contributed by atoms with E-state index in [0.717, 1.165) is 33.2 Å². The maximum atomic E-state index is 12.9. The van der Waals surface area contributed by atoms with Gasteiger partial charge in [0.25, 0.3) is 5.91 Å². The number of amides is 1. The minimum Gasteiger partial charge on any atom is -0.494 e. The van der Waals surface area contributed by atoms with Crippen molar-refractivity contribution in [2.24, 2.45) is 10.1 Å². The van der Waals surface area contributed by atoms with Crippen LogP contribution in [0.4, 0.5) is 0 Å². The molecule has 2 aliphatic rings. The van der Waals surface area contributed by atoms with Crippen LogP contribution in [-0.2, 0) is 4.79 Å². The van der Waals surface area contributed by atoms with E-state index < -0.39 is 6.17 Å². The molecule has 144 valence electrons. The Balaban J connectivity index is 1.88. The van der Waals surface area contributed by atoms with Crippen LogP contribution < -0.4 is 20.6 Å². The molecule has 6 nitrogen and oxygen atoms in total. The van der Waals surface area contributed by atoms with E-state index in [0.29, 0.717) is 17.5 Å². The number of nitrogens with one attached hydrogen (secondary N) is 1. The molecule has 7 heteroatoms. The Bertz CT molecular complexity index is 1080. The number of hydrogen-bond acceptors (Lipinski definition) is 6. The lowest BCUT2D eigenvalue weighted by molar-refractivity contribution is -0.116. The molecule has 0 radical (unpaired) electrons. The number of rotatable bonds is 4. The summed E-state index contributed by atoms with van der Waals surface area (Å²) in [7, 11) is 0. The quantitative estimate of drug-likeness (QED) is 0.864. The van der Waals surface area contributed by atoms with Gasteiger partial charge < -0.3 is 4.74 Å². The van der Waals surface area contributed by atoms with Gasteiger partial charge in [-0.3, -0.25) is 15.1 Å². The number of benzene rings is 2. The number of para-hydroxylation sites is 1. The summed E-state index contributed by atoms with van der Waals surface area (Å²) in [6.07, 6.45) is -0.405. The van der Waals surface area contributed by atoms with Gasteiger partial charge in [-0.2, -0.15) is 0 Å². The molecule has 0 bridgehead atoms. The second-order valence-corrected chi connectivity index (χ2v) is 7.72. The van der Waals surface area contributed by atoms with E-state index in [4.69, 9.17) is 14.8 Å². The van der Waals surface area contributed by atoms with Gasteiger partial charge in [-0.1, -0.05) is 43.0 Å². The lowest BCUT2D eigenvalue weighted by atomic mass is 10.1. The lowest BCUT2D eigenvalue weighted by Gasteiger charge is -2.34. The Kier molecular flexibility index (Phi) is 5.09. The van der Waals surface area contributed by atoms with Gasteiger partial charge in [-0.05, 0) is 48.9 Å². The number of amidine groups is 1. The van der Waals surface area contributed by atoms with Crippen molar-refractivity contribution in [3.05, 3.63) is 64.2 Å². The zero-order chi connectivity index (χ0) is 19.7. The highest BCUT2D eigenvalue weighted by molar-refractivity contribution is 8.13. The van der Waals surface area contributed by atoms with E-state index in [1.165, 1.54) is 11.8 Å². The maximum Gasteiger partial charge on any atom is 0.276 e. The van der Waals surface area contributed by atoms with Crippen molar-refractivity contribution in [3.8, 4) is 5.75 Å². The summed E-state index contributed by atoms with van der Waals surface area (Å²) < 4.78 is 5.66. The summed E-state index contributed by atoms with van der Waals surface area (Å²) in [5.74, 6) is 1.53. The number of fused-ring (bicyclic) bond motifs is 2. The second kappa shape index (κ2) is 7.67. The van der Waals surface area contributed by atoms with Gasteiger partial charge in [0.1, 0.15) is 11.4 Å². The number of nitrogens with zero attached hydrogens (tertiary/aromatic N) is 3. The van der Waals surface area contributed by atoms with Crippen molar-refractivity contribution in [2.45, 2.75) is 26.9 Å². The van der Waals surface area contributed by atoms with E-state index in [9.17, 15) is 4.79 Å². The molecule has 28 heavy (non-hydrogen) atoms. The van der Waals surface area contributed by atoms with Crippen LogP contribution in [0.5, 0.6) is 5.75 Å². The van der Waals surface area contributed by atoms with Crippen molar-refractivity contribution < 1.29 is 9.53 Å². The molecule has 2 aromatic rings. The first-order chi connectivity index (χ1) is 13.6. The highest BCUT2D eigenvalue weighted by atomic mass is 32.2. The molecule has 1 amide bonds. The maximum absolute atomic E-state index is 12.9. The monoisotopic (exact) mass is 394 g/mol. The number of carbonyl (C=O) groups excluding carboxylic acids is 1. The molecule has 1 N–H and O–H groups in total. The van der Waals surface area contributed by atoms with Gasteiger partial charge in [0.2, 0.25) is 0 Å². The molecule has 2 aromatic carbocycles. The topological polar surface area (TPSA) is 66.3 Å². The highest BCUT2D eigenvalue weighted by Crippen LogP contribution is 2.32. The Labute approximate surface area is 168 Å². The largest absolute Gasteiger partial charge is 0.494 e. The number of carbonyl (C=O) groups is 1. The third-order valence-electron chi connectivity index (χ3n) is 4.59. The zero-order valence-corrected chi connectivity index (χ0v) is 16.9. The van der Waals surface area contributed by atoms with Gasteiger partial charge in [0, 0.05) is 5.22 Å². The Morgan fingerprint density at radius 3 is 2.79 bits per heavy atom. The third-order valence-corrected chi connectivity index (χ3v) is 5.34. The van der Waals surface area contributed by atoms with Gasteiger partial charge in [-0.15, -0.1) is 5.10 Å². The molecule has 1 atom stereocenters. The van der Waals surface area contributed by atoms with Crippen molar-refractivity contribution in [3.63, 3.8) is 0 Å². The molecule has 0 aromatic heterocycles. The van der Waals surface area contributed by atoms with Gasteiger partial charge in [0.05, 0.1) is 12.0 Å². The molecule has 0 fully saturated rings.